The average Bonchev–Trinajstić information content (AvgIpc) is 2.37. The monoisotopic (exact) mass is 250 g/mol. The Morgan fingerprint density at radius 1 is 1.44 bits per heavy atom. The summed E-state index contributed by atoms with van der Waals surface area (Å²) in [6, 6.07) is 3.42. The fourth-order valence-corrected chi connectivity index (χ4v) is 1.55. The van der Waals surface area contributed by atoms with Crippen LogP contribution in [0.15, 0.2) is 24.5 Å². The second-order valence-corrected chi connectivity index (χ2v) is 4.32. The highest BCUT2D eigenvalue weighted by Gasteiger charge is 2.07. The van der Waals surface area contributed by atoms with E-state index in [0.717, 1.165) is 6.42 Å². The molecule has 0 fully saturated rings. The maximum absolute atomic E-state index is 11.6. The molecule has 1 unspecified atom stereocenters. The highest BCUT2D eigenvalue weighted by atomic mass is 16.4. The zero-order chi connectivity index (χ0) is 13.4. The minimum absolute atomic E-state index is 0.145. The van der Waals surface area contributed by atoms with Crippen LogP contribution in [0.2, 0.25) is 0 Å². The summed E-state index contributed by atoms with van der Waals surface area (Å²) in [6.45, 7) is 2.54. The summed E-state index contributed by atoms with van der Waals surface area (Å²) in [5.41, 5.74) is 0.538. The van der Waals surface area contributed by atoms with Gasteiger partial charge in [-0.3, -0.25) is 14.6 Å². The molecule has 2 N–H and O–H groups in total. The minimum Gasteiger partial charge on any atom is -0.481 e. The van der Waals surface area contributed by atoms with Crippen LogP contribution in [0.3, 0.4) is 0 Å². The van der Waals surface area contributed by atoms with E-state index in [1.54, 1.807) is 18.3 Å². The van der Waals surface area contributed by atoms with Crippen LogP contribution >= 0.6 is 0 Å². The Bertz CT molecular complexity index is 392. The number of rotatable bonds is 7. The fourth-order valence-electron chi connectivity index (χ4n) is 1.55. The predicted molar refractivity (Wildman–Crippen MR) is 67.2 cm³/mol. The van der Waals surface area contributed by atoms with E-state index >= 15 is 0 Å². The van der Waals surface area contributed by atoms with Crippen molar-refractivity contribution in [1.29, 1.82) is 0 Å². The molecule has 1 amide bonds. The number of aliphatic carboxylic acids is 1. The third-order valence-electron chi connectivity index (χ3n) is 2.70. The van der Waals surface area contributed by atoms with Gasteiger partial charge in [-0.15, -0.1) is 0 Å². The normalized spacial score (nSPS) is 11.8. The summed E-state index contributed by atoms with van der Waals surface area (Å²) < 4.78 is 0. The molecule has 1 aromatic heterocycles. The topological polar surface area (TPSA) is 79.3 Å². The number of nitrogens with one attached hydrogen (secondary N) is 1. The van der Waals surface area contributed by atoms with E-state index < -0.39 is 5.97 Å². The van der Waals surface area contributed by atoms with Crippen LogP contribution in [-0.2, 0) is 4.79 Å². The third-order valence-corrected chi connectivity index (χ3v) is 2.70. The van der Waals surface area contributed by atoms with Crippen LogP contribution in [0.5, 0.6) is 0 Å². The quantitative estimate of drug-likeness (QED) is 0.772. The van der Waals surface area contributed by atoms with E-state index in [0.29, 0.717) is 18.5 Å². The highest BCUT2D eigenvalue weighted by Crippen LogP contribution is 2.09. The average molecular weight is 250 g/mol. The first-order chi connectivity index (χ1) is 8.59. The summed E-state index contributed by atoms with van der Waals surface area (Å²) in [7, 11) is 0. The van der Waals surface area contributed by atoms with Crippen molar-refractivity contribution in [3.05, 3.63) is 30.1 Å². The number of hydrogen-bond donors (Lipinski definition) is 2. The number of carbonyl (C=O) groups is 2. The molecular weight excluding hydrogens is 232 g/mol. The molecule has 0 radical (unpaired) electrons. The van der Waals surface area contributed by atoms with Crippen LogP contribution in [-0.4, -0.2) is 28.5 Å². The van der Waals surface area contributed by atoms with Gasteiger partial charge in [0.05, 0.1) is 5.56 Å². The van der Waals surface area contributed by atoms with Crippen molar-refractivity contribution < 1.29 is 14.7 Å². The summed E-state index contributed by atoms with van der Waals surface area (Å²) in [5.74, 6) is -0.634. The lowest BCUT2D eigenvalue weighted by atomic mass is 10.0. The lowest BCUT2D eigenvalue weighted by molar-refractivity contribution is -0.137. The number of pyridine rings is 1. The maximum atomic E-state index is 11.6. The molecule has 1 heterocycles. The molecule has 5 nitrogen and oxygen atoms in total. The van der Waals surface area contributed by atoms with Crippen molar-refractivity contribution in [2.24, 2.45) is 5.92 Å². The molecule has 0 aliphatic carbocycles. The number of carbonyl (C=O) groups excluding carboxylic acids is 1. The first-order valence-corrected chi connectivity index (χ1v) is 5.99. The molecule has 0 bridgehead atoms. The molecule has 18 heavy (non-hydrogen) atoms. The molecule has 0 spiro atoms. The Kier molecular flexibility index (Phi) is 5.84. The second-order valence-electron chi connectivity index (χ2n) is 4.32. The standard InChI is InChI=1S/C13H18N2O3/c1-10(4-5-12(16)17)6-8-15-13(18)11-3-2-7-14-9-11/h2-3,7,9-10H,4-6,8H2,1H3,(H,15,18)(H,16,17). The molecule has 5 heteroatoms. The first kappa shape index (κ1) is 14.2. The molecule has 0 saturated heterocycles. The highest BCUT2D eigenvalue weighted by molar-refractivity contribution is 5.93. The van der Waals surface area contributed by atoms with Crippen LogP contribution in [0.1, 0.15) is 36.5 Å². The molecule has 0 saturated carbocycles. The molecule has 1 rings (SSSR count). The minimum atomic E-state index is -0.777. The Morgan fingerprint density at radius 3 is 2.83 bits per heavy atom. The predicted octanol–water partition coefficient (Wildman–Crippen LogP) is 1.70. The van der Waals surface area contributed by atoms with Gasteiger partial charge in [0.25, 0.3) is 5.91 Å². The Hall–Kier alpha value is -1.91. The number of hydrogen-bond acceptors (Lipinski definition) is 3. The Balaban J connectivity index is 2.21. The van der Waals surface area contributed by atoms with Gasteiger partial charge in [-0.25, -0.2) is 0 Å². The number of carboxylic acids is 1. The van der Waals surface area contributed by atoms with Gasteiger partial charge < -0.3 is 10.4 Å². The van der Waals surface area contributed by atoms with E-state index in [9.17, 15) is 9.59 Å². The van der Waals surface area contributed by atoms with Crippen molar-refractivity contribution in [3.63, 3.8) is 0 Å². The largest absolute Gasteiger partial charge is 0.481 e. The van der Waals surface area contributed by atoms with E-state index in [2.05, 4.69) is 10.3 Å². The number of amides is 1. The van der Waals surface area contributed by atoms with Crippen LogP contribution in [0.25, 0.3) is 0 Å². The molecular formula is C13H18N2O3. The maximum Gasteiger partial charge on any atom is 0.303 e. The number of nitrogens with zero attached hydrogens (tertiary/aromatic N) is 1. The summed E-state index contributed by atoms with van der Waals surface area (Å²) in [6.07, 6.45) is 4.73. The summed E-state index contributed by atoms with van der Waals surface area (Å²) >= 11 is 0. The van der Waals surface area contributed by atoms with Gasteiger partial charge in [0.2, 0.25) is 0 Å². The van der Waals surface area contributed by atoms with Crippen LogP contribution in [0, 0.1) is 5.92 Å². The van der Waals surface area contributed by atoms with Crippen molar-refractivity contribution in [2.45, 2.75) is 26.2 Å². The Morgan fingerprint density at radius 2 is 2.22 bits per heavy atom. The lowest BCUT2D eigenvalue weighted by Gasteiger charge is -2.10. The molecule has 0 aromatic carbocycles. The third kappa shape index (κ3) is 5.43. The summed E-state index contributed by atoms with van der Waals surface area (Å²) in [5, 5.41) is 11.3. The molecule has 98 valence electrons. The SMILES string of the molecule is CC(CCNC(=O)c1cccnc1)CCC(=O)O. The zero-order valence-corrected chi connectivity index (χ0v) is 10.4. The van der Waals surface area contributed by atoms with Gasteiger partial charge in [0.1, 0.15) is 0 Å². The van der Waals surface area contributed by atoms with Crippen LogP contribution in [0.4, 0.5) is 0 Å². The van der Waals surface area contributed by atoms with E-state index in [1.807, 2.05) is 6.92 Å². The van der Waals surface area contributed by atoms with Crippen molar-refractivity contribution in [1.82, 2.24) is 10.3 Å². The smallest absolute Gasteiger partial charge is 0.303 e. The van der Waals surface area contributed by atoms with E-state index in [4.69, 9.17) is 5.11 Å². The van der Waals surface area contributed by atoms with Gasteiger partial charge >= 0.3 is 5.97 Å². The number of aromatic nitrogens is 1. The molecule has 1 aromatic rings. The Labute approximate surface area is 106 Å². The van der Waals surface area contributed by atoms with Gasteiger partial charge in [-0.2, -0.15) is 0 Å². The van der Waals surface area contributed by atoms with Gasteiger partial charge in [0.15, 0.2) is 0 Å². The number of carboxylic acid groups (broad SMARTS) is 1. The zero-order valence-electron chi connectivity index (χ0n) is 10.4. The van der Waals surface area contributed by atoms with Crippen molar-refractivity contribution in [3.8, 4) is 0 Å². The first-order valence-electron chi connectivity index (χ1n) is 5.99. The van der Waals surface area contributed by atoms with E-state index in [-0.39, 0.29) is 18.2 Å². The van der Waals surface area contributed by atoms with E-state index in [1.165, 1.54) is 6.20 Å². The van der Waals surface area contributed by atoms with Gasteiger partial charge in [-0.1, -0.05) is 6.92 Å². The van der Waals surface area contributed by atoms with Crippen molar-refractivity contribution >= 4 is 11.9 Å². The second kappa shape index (κ2) is 7.42. The van der Waals surface area contributed by atoms with Gasteiger partial charge in [0, 0.05) is 25.4 Å². The summed E-state index contributed by atoms with van der Waals surface area (Å²) in [4.78, 5) is 25.9. The molecule has 0 aliphatic heterocycles. The molecule has 1 atom stereocenters. The molecule has 0 aliphatic rings. The fraction of sp³-hybridized carbons (Fsp3) is 0.462. The van der Waals surface area contributed by atoms with Crippen molar-refractivity contribution in [2.75, 3.05) is 6.54 Å². The van der Waals surface area contributed by atoms with Gasteiger partial charge in [-0.05, 0) is 30.9 Å². The van der Waals surface area contributed by atoms with Crippen LogP contribution < -0.4 is 5.32 Å². The lowest BCUT2D eigenvalue weighted by Crippen LogP contribution is -2.25.